The van der Waals surface area contributed by atoms with E-state index in [1.807, 2.05) is 0 Å². The topological polar surface area (TPSA) is 26.3 Å². The fraction of sp³-hybridized carbons (Fsp3) is 0.735. The van der Waals surface area contributed by atoms with Gasteiger partial charge < -0.3 is 4.74 Å². The van der Waals surface area contributed by atoms with Gasteiger partial charge in [-0.15, -0.1) is 0 Å². The van der Waals surface area contributed by atoms with E-state index in [1.165, 1.54) is 51.4 Å². The minimum absolute atomic E-state index is 0.0680. The minimum atomic E-state index is -0.331. The number of hydrogen-bond acceptors (Lipinski definition) is 2. The molecule has 0 heterocycles. The summed E-state index contributed by atoms with van der Waals surface area (Å²) in [6.45, 7) is 12.5. The van der Waals surface area contributed by atoms with Crippen molar-refractivity contribution in [3.63, 3.8) is 0 Å². The van der Waals surface area contributed by atoms with Crippen LogP contribution in [0.25, 0.3) is 0 Å². The van der Waals surface area contributed by atoms with Crippen molar-refractivity contribution in [2.24, 2.45) is 46.3 Å². The lowest BCUT2D eigenvalue weighted by Crippen LogP contribution is -2.51. The quantitative estimate of drug-likeness (QED) is 0.245. The van der Waals surface area contributed by atoms with Gasteiger partial charge in [-0.05, 0) is 109 Å². The lowest BCUT2D eigenvalue weighted by Gasteiger charge is -2.58. The Bertz CT molecular complexity index is 1060. The van der Waals surface area contributed by atoms with Gasteiger partial charge in [0.2, 0.25) is 0 Å². The minimum Gasteiger partial charge on any atom is -0.458 e. The summed E-state index contributed by atoms with van der Waals surface area (Å²) in [5, 5.41) is 0.886. The van der Waals surface area contributed by atoms with E-state index >= 15 is 0 Å². The Labute approximate surface area is 241 Å². The van der Waals surface area contributed by atoms with Gasteiger partial charge in [-0.1, -0.05) is 88.7 Å². The highest BCUT2D eigenvalue weighted by Gasteiger charge is 2.59. The SMILES string of the molecule is CC(C)CCC[C@H](C)[C@@H]1CC[C@@H]2[C@H]3CC=C4C[C@H](OC(=O)c5ccc(Cl)cc5Cl)CC[C@@]4(C)[C@@H]3CC[C@]21C. The van der Waals surface area contributed by atoms with Crippen molar-refractivity contribution in [3.05, 3.63) is 45.5 Å². The maximum Gasteiger partial charge on any atom is 0.339 e. The van der Waals surface area contributed by atoms with Crippen LogP contribution in [0.3, 0.4) is 0 Å². The summed E-state index contributed by atoms with van der Waals surface area (Å²) >= 11 is 12.3. The predicted octanol–water partition coefficient (Wildman–Crippen LogP) is 10.6. The molecular weight excluding hydrogens is 511 g/mol. The van der Waals surface area contributed by atoms with E-state index < -0.39 is 0 Å². The molecule has 0 bridgehead atoms. The van der Waals surface area contributed by atoms with Gasteiger partial charge in [0.15, 0.2) is 0 Å². The van der Waals surface area contributed by atoms with Gasteiger partial charge in [0.25, 0.3) is 0 Å². The molecule has 5 rings (SSSR count). The van der Waals surface area contributed by atoms with Crippen LogP contribution in [0.5, 0.6) is 0 Å². The monoisotopic (exact) mass is 558 g/mol. The maximum atomic E-state index is 12.9. The van der Waals surface area contributed by atoms with Crippen molar-refractivity contribution in [3.8, 4) is 0 Å². The first-order valence-electron chi connectivity index (χ1n) is 15.4. The lowest BCUT2D eigenvalue weighted by atomic mass is 9.47. The fourth-order valence-corrected chi connectivity index (χ4v) is 10.1. The molecule has 1 aromatic carbocycles. The smallest absolute Gasteiger partial charge is 0.339 e. The summed E-state index contributed by atoms with van der Waals surface area (Å²) in [4.78, 5) is 12.9. The van der Waals surface area contributed by atoms with E-state index in [-0.39, 0.29) is 17.5 Å². The number of benzene rings is 1. The first kappa shape index (κ1) is 28.5. The Morgan fingerprint density at radius 1 is 1.03 bits per heavy atom. The van der Waals surface area contributed by atoms with E-state index in [0.717, 1.165) is 54.8 Å². The van der Waals surface area contributed by atoms with Gasteiger partial charge in [-0.2, -0.15) is 0 Å². The fourth-order valence-electron chi connectivity index (χ4n) is 9.62. The second-order valence-corrected chi connectivity index (χ2v) is 15.0. The Kier molecular flexibility index (Phi) is 8.35. The molecule has 4 aliphatic rings. The van der Waals surface area contributed by atoms with Gasteiger partial charge in [0.05, 0.1) is 10.6 Å². The van der Waals surface area contributed by atoms with Crippen molar-refractivity contribution in [2.75, 3.05) is 0 Å². The van der Waals surface area contributed by atoms with Gasteiger partial charge in [0.1, 0.15) is 6.10 Å². The molecule has 1 aromatic rings. The predicted molar refractivity (Wildman–Crippen MR) is 159 cm³/mol. The molecular formula is C34H48Cl2O2. The second-order valence-electron chi connectivity index (χ2n) is 14.2. The summed E-state index contributed by atoms with van der Waals surface area (Å²) in [5.74, 6) is 4.71. The Morgan fingerprint density at radius 2 is 1.82 bits per heavy atom. The van der Waals surface area contributed by atoms with Crippen LogP contribution in [-0.4, -0.2) is 12.1 Å². The van der Waals surface area contributed by atoms with Crippen molar-refractivity contribution in [1.82, 2.24) is 0 Å². The second kappa shape index (κ2) is 11.1. The van der Waals surface area contributed by atoms with Gasteiger partial charge in [-0.25, -0.2) is 4.79 Å². The molecule has 0 aromatic heterocycles. The molecule has 0 aliphatic heterocycles. The van der Waals surface area contributed by atoms with Crippen LogP contribution in [0.1, 0.15) is 116 Å². The number of allylic oxidation sites excluding steroid dienone is 1. The first-order chi connectivity index (χ1) is 18.0. The molecule has 0 unspecified atom stereocenters. The van der Waals surface area contributed by atoms with Crippen molar-refractivity contribution < 1.29 is 9.53 Å². The highest BCUT2D eigenvalue weighted by atomic mass is 35.5. The third kappa shape index (κ3) is 5.23. The van der Waals surface area contributed by atoms with Gasteiger partial charge in [0, 0.05) is 11.4 Å². The molecule has 0 radical (unpaired) electrons. The molecule has 210 valence electrons. The molecule has 4 aliphatic carbocycles. The van der Waals surface area contributed by atoms with Crippen LogP contribution >= 0.6 is 23.2 Å². The lowest BCUT2D eigenvalue weighted by molar-refractivity contribution is -0.0594. The van der Waals surface area contributed by atoms with Crippen molar-refractivity contribution in [2.45, 2.75) is 111 Å². The molecule has 3 saturated carbocycles. The van der Waals surface area contributed by atoms with E-state index in [2.05, 4.69) is 40.7 Å². The van der Waals surface area contributed by atoms with E-state index in [1.54, 1.807) is 23.8 Å². The van der Waals surface area contributed by atoms with Gasteiger partial charge in [-0.3, -0.25) is 0 Å². The Hall–Kier alpha value is -0.990. The zero-order valence-corrected chi connectivity index (χ0v) is 25.7. The van der Waals surface area contributed by atoms with Crippen LogP contribution in [0.4, 0.5) is 0 Å². The highest BCUT2D eigenvalue weighted by molar-refractivity contribution is 6.36. The maximum absolute atomic E-state index is 12.9. The number of rotatable bonds is 7. The first-order valence-corrected chi connectivity index (χ1v) is 16.1. The number of ether oxygens (including phenoxy) is 1. The Morgan fingerprint density at radius 3 is 2.55 bits per heavy atom. The third-order valence-corrected chi connectivity index (χ3v) is 12.2. The molecule has 0 amide bonds. The number of esters is 1. The molecule has 3 fully saturated rings. The van der Waals surface area contributed by atoms with Gasteiger partial charge >= 0.3 is 5.97 Å². The average Bonchev–Trinajstić information content (AvgIpc) is 3.21. The highest BCUT2D eigenvalue weighted by Crippen LogP contribution is 2.67. The van der Waals surface area contributed by atoms with E-state index in [9.17, 15) is 4.79 Å². The number of halogens is 2. The zero-order valence-electron chi connectivity index (χ0n) is 24.2. The number of fused-ring (bicyclic) bond motifs is 5. The summed E-state index contributed by atoms with van der Waals surface area (Å²) in [5.41, 5.74) is 2.73. The normalized spacial score (nSPS) is 37.2. The van der Waals surface area contributed by atoms with Crippen molar-refractivity contribution in [1.29, 1.82) is 0 Å². The largest absolute Gasteiger partial charge is 0.458 e. The van der Waals surface area contributed by atoms with Crippen LogP contribution < -0.4 is 0 Å². The van der Waals surface area contributed by atoms with E-state index in [0.29, 0.717) is 21.0 Å². The van der Waals surface area contributed by atoms with E-state index in [4.69, 9.17) is 27.9 Å². The Balaban J connectivity index is 1.25. The number of carbonyl (C=O) groups excluding carboxylic acids is 1. The summed E-state index contributed by atoms with van der Waals surface area (Å²) in [6, 6.07) is 4.98. The molecule has 0 N–H and O–H groups in total. The standard InChI is InChI=1S/C34H48Cl2O2/c1-21(2)7-6-8-22(3)28-13-14-29-26-11-9-23-19-25(38-32(37)27-12-10-24(35)20-31(27)36)15-17-33(23,4)30(26)16-18-34(28,29)5/h9-10,12,20-22,25-26,28-30H,6-8,11,13-19H2,1-5H3/t22-,25+,26+,28-,29+,30+,33+,34-/m0/s1. The average molecular weight is 560 g/mol. The van der Waals surface area contributed by atoms with Crippen molar-refractivity contribution >= 4 is 29.2 Å². The van der Waals surface area contributed by atoms with Crippen LogP contribution in [0.2, 0.25) is 10.0 Å². The molecule has 8 atom stereocenters. The molecule has 4 heteroatoms. The van der Waals surface area contributed by atoms with Crippen LogP contribution in [0, 0.1) is 46.3 Å². The number of hydrogen-bond donors (Lipinski definition) is 0. The molecule has 0 saturated heterocycles. The zero-order chi connectivity index (χ0) is 27.2. The number of carbonyl (C=O) groups is 1. The summed E-state index contributed by atoms with van der Waals surface area (Å²) < 4.78 is 5.99. The van der Waals surface area contributed by atoms with Crippen LogP contribution in [-0.2, 0) is 4.74 Å². The summed E-state index contributed by atoms with van der Waals surface area (Å²) in [7, 11) is 0. The molecule has 2 nitrogen and oxygen atoms in total. The summed E-state index contributed by atoms with van der Waals surface area (Å²) in [6.07, 6.45) is 16.4. The molecule has 0 spiro atoms. The third-order valence-electron chi connectivity index (χ3n) is 11.7. The van der Waals surface area contributed by atoms with Crippen LogP contribution in [0.15, 0.2) is 29.8 Å². The molecule has 38 heavy (non-hydrogen) atoms.